The molecular formula is C14H24N4O5. The Morgan fingerprint density at radius 1 is 1.22 bits per heavy atom. The zero-order valence-electron chi connectivity index (χ0n) is 13.7. The van der Waals surface area contributed by atoms with E-state index in [1.807, 2.05) is 0 Å². The number of carbonyl (C=O) groups is 3. The van der Waals surface area contributed by atoms with E-state index in [2.05, 4.69) is 10.0 Å². The monoisotopic (exact) mass is 328 g/mol. The normalized spacial score (nSPS) is 13.6. The Morgan fingerprint density at radius 2 is 1.83 bits per heavy atom. The molecule has 0 amide bonds. The highest BCUT2D eigenvalue weighted by Gasteiger charge is 2.41. The first-order valence-corrected chi connectivity index (χ1v) is 7.31. The fourth-order valence-electron chi connectivity index (χ4n) is 1.79. The van der Waals surface area contributed by atoms with E-state index in [1.165, 1.54) is 0 Å². The summed E-state index contributed by atoms with van der Waals surface area (Å²) >= 11 is 0. The van der Waals surface area contributed by atoms with Crippen molar-refractivity contribution in [1.82, 2.24) is 0 Å². The van der Waals surface area contributed by atoms with Crippen LogP contribution >= 0.6 is 0 Å². The fourth-order valence-corrected chi connectivity index (χ4v) is 1.79. The molecule has 0 aliphatic rings. The minimum absolute atomic E-state index is 0.0575. The van der Waals surface area contributed by atoms with Crippen LogP contribution in [-0.2, 0) is 19.1 Å². The van der Waals surface area contributed by atoms with Gasteiger partial charge in [-0.2, -0.15) is 0 Å². The number of nitrogens with two attached hydrogens (primary N) is 1. The van der Waals surface area contributed by atoms with Gasteiger partial charge in [0.2, 0.25) is 0 Å². The lowest BCUT2D eigenvalue weighted by Gasteiger charge is -2.24. The van der Waals surface area contributed by atoms with E-state index in [-0.39, 0.29) is 25.8 Å². The Hall–Kier alpha value is -2.12. The van der Waals surface area contributed by atoms with Crippen LogP contribution in [0.5, 0.6) is 0 Å². The van der Waals surface area contributed by atoms with Crippen LogP contribution in [0.4, 0.5) is 0 Å². The summed E-state index contributed by atoms with van der Waals surface area (Å²) in [4.78, 5) is 37.6. The standard InChI is InChI=1S/C14H24N4O5/c1-13(2,3)23-11(20)7-8-14(15,12(21)22)10(19)6-4-5-9-17-18-16/h4-9,15H2,1-3H3,(H,21,22). The van der Waals surface area contributed by atoms with Crippen molar-refractivity contribution in [3.8, 4) is 0 Å². The van der Waals surface area contributed by atoms with Gasteiger partial charge in [0.1, 0.15) is 5.60 Å². The molecule has 130 valence electrons. The number of azide groups is 1. The van der Waals surface area contributed by atoms with Gasteiger partial charge in [0.15, 0.2) is 11.3 Å². The number of ketones is 1. The third kappa shape index (κ3) is 8.18. The van der Waals surface area contributed by atoms with E-state index in [4.69, 9.17) is 16.0 Å². The molecule has 0 aliphatic carbocycles. The Morgan fingerprint density at radius 3 is 2.30 bits per heavy atom. The first-order chi connectivity index (χ1) is 10.5. The zero-order valence-corrected chi connectivity index (χ0v) is 13.7. The molecule has 0 heterocycles. The molecular weight excluding hydrogens is 304 g/mol. The molecule has 23 heavy (non-hydrogen) atoms. The number of esters is 1. The summed E-state index contributed by atoms with van der Waals surface area (Å²) in [5, 5.41) is 12.5. The number of carboxylic acids is 1. The van der Waals surface area contributed by atoms with Crippen molar-refractivity contribution in [3.05, 3.63) is 10.4 Å². The average molecular weight is 328 g/mol. The van der Waals surface area contributed by atoms with E-state index < -0.39 is 28.9 Å². The van der Waals surface area contributed by atoms with Crippen LogP contribution in [0.3, 0.4) is 0 Å². The number of nitrogens with zero attached hydrogens (tertiary/aromatic N) is 3. The van der Waals surface area contributed by atoms with Crippen molar-refractivity contribution >= 4 is 17.7 Å². The first-order valence-electron chi connectivity index (χ1n) is 7.31. The number of aliphatic carboxylic acids is 1. The van der Waals surface area contributed by atoms with E-state index >= 15 is 0 Å². The summed E-state index contributed by atoms with van der Waals surface area (Å²) in [7, 11) is 0. The van der Waals surface area contributed by atoms with Gasteiger partial charge < -0.3 is 15.6 Å². The second kappa shape index (κ2) is 9.12. The number of carboxylic acid groups (broad SMARTS) is 1. The molecule has 0 aromatic carbocycles. The van der Waals surface area contributed by atoms with Crippen LogP contribution in [0.15, 0.2) is 5.11 Å². The number of ether oxygens (including phenoxy) is 1. The number of carbonyl (C=O) groups excluding carboxylic acids is 2. The zero-order chi connectivity index (χ0) is 18.1. The van der Waals surface area contributed by atoms with Crippen molar-refractivity contribution in [2.24, 2.45) is 10.8 Å². The molecule has 0 aliphatic heterocycles. The molecule has 9 nitrogen and oxygen atoms in total. The molecule has 0 spiro atoms. The van der Waals surface area contributed by atoms with Crippen molar-refractivity contribution in [3.63, 3.8) is 0 Å². The third-order valence-corrected chi connectivity index (χ3v) is 3.00. The second-order valence-corrected chi connectivity index (χ2v) is 6.20. The van der Waals surface area contributed by atoms with Crippen LogP contribution < -0.4 is 5.73 Å². The van der Waals surface area contributed by atoms with Gasteiger partial charge in [0.25, 0.3) is 0 Å². The predicted octanol–water partition coefficient (Wildman–Crippen LogP) is 1.94. The highest BCUT2D eigenvalue weighted by molar-refractivity contribution is 6.07. The lowest BCUT2D eigenvalue weighted by molar-refractivity contribution is -0.156. The Bertz CT molecular complexity index is 494. The van der Waals surface area contributed by atoms with Crippen LogP contribution in [0, 0.1) is 0 Å². The molecule has 1 atom stereocenters. The van der Waals surface area contributed by atoms with Gasteiger partial charge in [-0.3, -0.25) is 9.59 Å². The Balaban J connectivity index is 4.60. The molecule has 0 rings (SSSR count). The van der Waals surface area contributed by atoms with Gasteiger partial charge in [-0.15, -0.1) is 0 Å². The summed E-state index contributed by atoms with van der Waals surface area (Å²) in [6, 6.07) is 0. The molecule has 0 aromatic heterocycles. The highest BCUT2D eigenvalue weighted by atomic mass is 16.6. The lowest BCUT2D eigenvalue weighted by atomic mass is 9.87. The van der Waals surface area contributed by atoms with Crippen molar-refractivity contribution in [1.29, 1.82) is 0 Å². The largest absolute Gasteiger partial charge is 0.480 e. The van der Waals surface area contributed by atoms with Crippen LogP contribution in [-0.4, -0.2) is 40.5 Å². The maximum absolute atomic E-state index is 12.1. The topological polar surface area (TPSA) is 155 Å². The van der Waals surface area contributed by atoms with Crippen molar-refractivity contribution in [2.45, 2.75) is 64.0 Å². The molecule has 0 fully saturated rings. The Labute approximate surface area is 134 Å². The Kier molecular flexibility index (Phi) is 8.28. The van der Waals surface area contributed by atoms with Crippen molar-refractivity contribution < 1.29 is 24.2 Å². The molecule has 0 saturated heterocycles. The number of Topliss-reactive ketones (excluding diaryl/α,β-unsaturated/α-hetero) is 1. The van der Waals surface area contributed by atoms with E-state index in [0.29, 0.717) is 12.8 Å². The van der Waals surface area contributed by atoms with Crippen LogP contribution in [0.1, 0.15) is 52.9 Å². The van der Waals surface area contributed by atoms with E-state index in [9.17, 15) is 19.5 Å². The minimum atomic E-state index is -2.12. The minimum Gasteiger partial charge on any atom is -0.480 e. The van der Waals surface area contributed by atoms with Crippen LogP contribution in [0.25, 0.3) is 10.4 Å². The summed E-state index contributed by atoms with van der Waals surface area (Å²) in [6.07, 6.45) is 0.170. The molecule has 9 heteroatoms. The van der Waals surface area contributed by atoms with E-state index in [1.54, 1.807) is 20.8 Å². The molecule has 0 aromatic rings. The number of hydrogen-bond donors (Lipinski definition) is 2. The van der Waals surface area contributed by atoms with Crippen LogP contribution in [0.2, 0.25) is 0 Å². The molecule has 0 saturated carbocycles. The van der Waals surface area contributed by atoms with E-state index in [0.717, 1.165) is 0 Å². The van der Waals surface area contributed by atoms with Gasteiger partial charge in [0, 0.05) is 24.3 Å². The number of unbranched alkanes of at least 4 members (excludes halogenated alkanes) is 1. The summed E-state index contributed by atoms with van der Waals surface area (Å²) in [6.45, 7) is 5.29. The molecule has 1 unspecified atom stereocenters. The fraction of sp³-hybridized carbons (Fsp3) is 0.786. The molecule has 0 radical (unpaired) electrons. The van der Waals surface area contributed by atoms with Gasteiger partial charge in [-0.1, -0.05) is 5.11 Å². The second-order valence-electron chi connectivity index (χ2n) is 6.20. The number of rotatable bonds is 10. The quantitative estimate of drug-likeness (QED) is 0.156. The SMILES string of the molecule is CC(C)(C)OC(=O)CCC(N)(C(=O)O)C(=O)CCCCN=[N+]=[N-]. The van der Waals surface area contributed by atoms with Gasteiger partial charge in [0.05, 0.1) is 0 Å². The summed E-state index contributed by atoms with van der Waals surface area (Å²) in [5.74, 6) is -2.74. The maximum Gasteiger partial charge on any atom is 0.331 e. The third-order valence-electron chi connectivity index (χ3n) is 3.00. The first kappa shape index (κ1) is 20.9. The highest BCUT2D eigenvalue weighted by Crippen LogP contribution is 2.18. The number of hydrogen-bond acceptors (Lipinski definition) is 6. The smallest absolute Gasteiger partial charge is 0.331 e. The molecule has 3 N–H and O–H groups in total. The summed E-state index contributed by atoms with van der Waals surface area (Å²) in [5.41, 5.74) is 11.0. The van der Waals surface area contributed by atoms with Gasteiger partial charge >= 0.3 is 11.9 Å². The lowest BCUT2D eigenvalue weighted by Crippen LogP contribution is -2.55. The average Bonchev–Trinajstić information content (AvgIpc) is 2.42. The van der Waals surface area contributed by atoms with Gasteiger partial charge in [-0.25, -0.2) is 4.79 Å². The summed E-state index contributed by atoms with van der Waals surface area (Å²) < 4.78 is 5.07. The maximum atomic E-state index is 12.1. The molecule has 0 bridgehead atoms. The predicted molar refractivity (Wildman–Crippen MR) is 82.5 cm³/mol. The van der Waals surface area contributed by atoms with Gasteiger partial charge in [-0.05, 0) is 45.6 Å². The van der Waals surface area contributed by atoms with Crippen molar-refractivity contribution in [2.75, 3.05) is 6.54 Å².